The minimum atomic E-state index is -0.545. The number of carbonyl (C=O) groups excluding carboxylic acids is 1. The minimum Gasteiger partial charge on any atom is -0.487 e. The largest absolute Gasteiger partial charge is 0.487 e. The number of rotatable bonds is 5. The van der Waals surface area contributed by atoms with Gasteiger partial charge in [0.1, 0.15) is 18.2 Å². The fourth-order valence-electron chi connectivity index (χ4n) is 2.12. The molecule has 1 aromatic heterocycles. The molecule has 1 amide bonds. The van der Waals surface area contributed by atoms with Gasteiger partial charge in [-0.1, -0.05) is 11.6 Å². The molecule has 0 radical (unpaired) electrons. The third-order valence-electron chi connectivity index (χ3n) is 3.35. The summed E-state index contributed by atoms with van der Waals surface area (Å²) < 4.78 is 19.3. The zero-order chi connectivity index (χ0) is 17.8. The number of nitrogens with one attached hydrogen (secondary N) is 1. The van der Waals surface area contributed by atoms with Crippen molar-refractivity contribution in [3.05, 3.63) is 74.9 Å². The molecule has 0 aliphatic carbocycles. The van der Waals surface area contributed by atoms with Crippen LogP contribution in [0, 0.1) is 12.7 Å². The van der Waals surface area contributed by atoms with Crippen LogP contribution in [0.5, 0.6) is 5.75 Å². The number of amides is 1. The fraction of sp³-hybridized carbons (Fsp3) is 0.111. The normalized spacial score (nSPS) is 10.5. The Bertz CT molecular complexity index is 896. The van der Waals surface area contributed by atoms with Gasteiger partial charge in [0, 0.05) is 16.0 Å². The Morgan fingerprint density at radius 3 is 2.72 bits per heavy atom. The highest BCUT2D eigenvalue weighted by Crippen LogP contribution is 2.21. The van der Waals surface area contributed by atoms with E-state index in [4.69, 9.17) is 16.3 Å². The summed E-state index contributed by atoms with van der Waals surface area (Å²) >= 11 is 7.38. The third-order valence-corrected chi connectivity index (χ3v) is 4.40. The number of nitrogens with zero attached hydrogens (tertiary/aromatic N) is 1. The van der Waals surface area contributed by atoms with Crippen LogP contribution in [0.4, 0.5) is 10.1 Å². The summed E-state index contributed by atoms with van der Waals surface area (Å²) in [7, 11) is 0. The van der Waals surface area contributed by atoms with Crippen LogP contribution >= 0.6 is 22.9 Å². The first kappa shape index (κ1) is 17.4. The standard InChI is InChI=1S/C18H14ClFN2O2S/c1-11-21-14(10-25-11)9-24-15-5-2-12(3-6-15)18(23)22-17-8-13(19)4-7-16(17)20/h2-8,10H,9H2,1H3,(H,22,23). The molecule has 0 aliphatic heterocycles. The van der Waals surface area contributed by atoms with E-state index < -0.39 is 11.7 Å². The van der Waals surface area contributed by atoms with Crippen molar-refractivity contribution in [1.82, 2.24) is 4.98 Å². The molecule has 3 rings (SSSR count). The number of benzene rings is 2. The second-order valence-electron chi connectivity index (χ2n) is 5.25. The summed E-state index contributed by atoms with van der Waals surface area (Å²) in [6.07, 6.45) is 0. The van der Waals surface area contributed by atoms with Crippen LogP contribution in [-0.2, 0) is 6.61 Å². The molecule has 0 spiro atoms. The van der Waals surface area contributed by atoms with Crippen LogP contribution in [0.15, 0.2) is 47.8 Å². The van der Waals surface area contributed by atoms with Gasteiger partial charge in [0.25, 0.3) is 5.91 Å². The molecule has 0 bridgehead atoms. The minimum absolute atomic E-state index is 0.0386. The van der Waals surface area contributed by atoms with Crippen LogP contribution in [0.25, 0.3) is 0 Å². The van der Waals surface area contributed by atoms with Gasteiger partial charge in [0.05, 0.1) is 16.4 Å². The molecule has 2 aromatic carbocycles. The van der Waals surface area contributed by atoms with Gasteiger partial charge >= 0.3 is 0 Å². The van der Waals surface area contributed by atoms with Gasteiger partial charge in [0.2, 0.25) is 0 Å². The van der Waals surface area contributed by atoms with Crippen LogP contribution in [0.2, 0.25) is 5.02 Å². The van der Waals surface area contributed by atoms with E-state index in [9.17, 15) is 9.18 Å². The lowest BCUT2D eigenvalue weighted by Gasteiger charge is -2.08. The number of hydrogen-bond donors (Lipinski definition) is 1. The molecule has 0 fully saturated rings. The molecule has 4 nitrogen and oxygen atoms in total. The van der Waals surface area contributed by atoms with Crippen LogP contribution in [-0.4, -0.2) is 10.9 Å². The molecule has 0 saturated heterocycles. The molecule has 1 N–H and O–H groups in total. The molecular formula is C18H14ClFN2O2S. The summed E-state index contributed by atoms with van der Waals surface area (Å²) in [6.45, 7) is 2.30. The fourth-order valence-corrected chi connectivity index (χ4v) is 2.89. The quantitative estimate of drug-likeness (QED) is 0.675. The predicted octanol–water partition coefficient (Wildman–Crippen LogP) is 5.08. The zero-order valence-electron chi connectivity index (χ0n) is 13.3. The maximum Gasteiger partial charge on any atom is 0.255 e. The smallest absolute Gasteiger partial charge is 0.255 e. The van der Waals surface area contributed by atoms with Crippen LogP contribution in [0.3, 0.4) is 0 Å². The molecular weight excluding hydrogens is 363 g/mol. The van der Waals surface area contributed by atoms with Crippen molar-refractivity contribution in [1.29, 1.82) is 0 Å². The first-order valence-electron chi connectivity index (χ1n) is 7.41. The summed E-state index contributed by atoms with van der Waals surface area (Å²) in [4.78, 5) is 16.5. The number of halogens is 2. The van der Waals surface area contributed by atoms with E-state index in [1.54, 1.807) is 35.6 Å². The monoisotopic (exact) mass is 376 g/mol. The van der Waals surface area contributed by atoms with Crippen LogP contribution < -0.4 is 10.1 Å². The highest BCUT2D eigenvalue weighted by atomic mass is 35.5. The van der Waals surface area contributed by atoms with E-state index in [2.05, 4.69) is 10.3 Å². The van der Waals surface area contributed by atoms with Gasteiger partial charge < -0.3 is 10.1 Å². The summed E-state index contributed by atoms with van der Waals surface area (Å²) in [5.41, 5.74) is 1.29. The van der Waals surface area contributed by atoms with E-state index in [1.807, 2.05) is 12.3 Å². The van der Waals surface area contributed by atoms with E-state index in [1.165, 1.54) is 18.2 Å². The Kier molecular flexibility index (Phi) is 5.31. The number of carbonyl (C=O) groups is 1. The summed E-state index contributed by atoms with van der Waals surface area (Å²) in [6, 6.07) is 10.6. The van der Waals surface area contributed by atoms with Crippen molar-refractivity contribution < 1.29 is 13.9 Å². The van der Waals surface area contributed by atoms with Crippen molar-refractivity contribution in [3.63, 3.8) is 0 Å². The first-order chi connectivity index (χ1) is 12.0. The van der Waals surface area contributed by atoms with Gasteiger partial charge in [0.15, 0.2) is 0 Å². The highest BCUT2D eigenvalue weighted by Gasteiger charge is 2.10. The molecule has 128 valence electrons. The Labute approximate surface area is 153 Å². The third kappa shape index (κ3) is 4.55. The molecule has 0 aliphatic rings. The van der Waals surface area contributed by atoms with Gasteiger partial charge in [-0.2, -0.15) is 0 Å². The van der Waals surface area contributed by atoms with Crippen molar-refractivity contribution in [2.75, 3.05) is 5.32 Å². The van der Waals surface area contributed by atoms with Crippen LogP contribution in [0.1, 0.15) is 21.1 Å². The zero-order valence-corrected chi connectivity index (χ0v) is 14.8. The Balaban J connectivity index is 1.63. The lowest BCUT2D eigenvalue weighted by atomic mass is 10.2. The van der Waals surface area contributed by atoms with Gasteiger partial charge in [-0.25, -0.2) is 9.37 Å². The lowest BCUT2D eigenvalue weighted by Crippen LogP contribution is -2.12. The van der Waals surface area contributed by atoms with E-state index in [0.717, 1.165) is 10.7 Å². The number of anilines is 1. The first-order valence-corrected chi connectivity index (χ1v) is 8.67. The SMILES string of the molecule is Cc1nc(COc2ccc(C(=O)Nc3cc(Cl)ccc3F)cc2)cs1. The summed E-state index contributed by atoms with van der Waals surface area (Å²) in [5, 5.41) is 5.77. The average molecular weight is 377 g/mol. The van der Waals surface area contributed by atoms with Crippen molar-refractivity contribution in [2.24, 2.45) is 0 Å². The average Bonchev–Trinajstić information content (AvgIpc) is 3.02. The Morgan fingerprint density at radius 1 is 1.28 bits per heavy atom. The summed E-state index contributed by atoms with van der Waals surface area (Å²) in [5.74, 6) is -0.352. The maximum atomic E-state index is 13.7. The van der Waals surface area contributed by atoms with Gasteiger partial charge in [-0.05, 0) is 49.4 Å². The maximum absolute atomic E-state index is 13.7. The molecule has 1 heterocycles. The predicted molar refractivity (Wildman–Crippen MR) is 97.0 cm³/mol. The molecule has 0 saturated carbocycles. The topological polar surface area (TPSA) is 51.2 Å². The number of hydrogen-bond acceptors (Lipinski definition) is 4. The molecule has 0 unspecified atom stereocenters. The Hall–Kier alpha value is -2.44. The number of thiazole rings is 1. The van der Waals surface area contributed by atoms with Gasteiger partial charge in [-0.3, -0.25) is 4.79 Å². The second kappa shape index (κ2) is 7.63. The van der Waals surface area contributed by atoms with Gasteiger partial charge in [-0.15, -0.1) is 11.3 Å². The van der Waals surface area contributed by atoms with Crippen molar-refractivity contribution in [3.8, 4) is 5.75 Å². The Morgan fingerprint density at radius 2 is 2.04 bits per heavy atom. The van der Waals surface area contributed by atoms with Crippen molar-refractivity contribution in [2.45, 2.75) is 13.5 Å². The second-order valence-corrected chi connectivity index (χ2v) is 6.75. The molecule has 3 aromatic rings. The van der Waals surface area contributed by atoms with E-state index in [-0.39, 0.29) is 5.69 Å². The molecule has 25 heavy (non-hydrogen) atoms. The number of aryl methyl sites for hydroxylation is 1. The highest BCUT2D eigenvalue weighted by molar-refractivity contribution is 7.09. The number of aromatic nitrogens is 1. The lowest BCUT2D eigenvalue weighted by molar-refractivity contribution is 0.102. The number of ether oxygens (including phenoxy) is 1. The van der Waals surface area contributed by atoms with Crippen molar-refractivity contribution >= 4 is 34.5 Å². The molecule has 7 heteroatoms. The van der Waals surface area contributed by atoms with E-state index in [0.29, 0.717) is 22.9 Å². The molecule has 0 atom stereocenters. The van der Waals surface area contributed by atoms with E-state index >= 15 is 0 Å².